The summed E-state index contributed by atoms with van der Waals surface area (Å²) < 4.78 is 2.17. The number of carbonyl (C=O) groups is 1. The second-order valence-corrected chi connectivity index (χ2v) is 8.86. The lowest BCUT2D eigenvalue weighted by atomic mass is 10.1. The van der Waals surface area contributed by atoms with Crippen molar-refractivity contribution >= 4 is 29.0 Å². The first-order valence-corrected chi connectivity index (χ1v) is 12.0. The number of nitrogens with zero attached hydrogens (tertiary/aromatic N) is 3. The molecule has 0 saturated carbocycles. The number of thiophene rings is 1. The molecule has 5 nitrogen and oxygen atoms in total. The van der Waals surface area contributed by atoms with Crippen molar-refractivity contribution in [2.24, 2.45) is 0 Å². The lowest BCUT2D eigenvalue weighted by Crippen LogP contribution is -2.26. The molecule has 3 rings (SSSR count). The third-order valence-electron chi connectivity index (χ3n) is 4.61. The van der Waals surface area contributed by atoms with Gasteiger partial charge in [-0.25, -0.2) is 0 Å². The molecule has 0 aliphatic rings. The van der Waals surface area contributed by atoms with Crippen molar-refractivity contribution in [3.05, 3.63) is 64.1 Å². The topological polar surface area (TPSA) is 59.8 Å². The molecule has 1 N–H and O–H groups in total. The van der Waals surface area contributed by atoms with Gasteiger partial charge in [-0.15, -0.1) is 21.5 Å². The third-order valence-corrected chi connectivity index (χ3v) is 6.45. The Labute approximate surface area is 180 Å². The predicted octanol–water partition coefficient (Wildman–Crippen LogP) is 4.57. The molecule has 0 unspecified atom stereocenters. The van der Waals surface area contributed by atoms with Crippen LogP contribution in [0, 0.1) is 0 Å². The Morgan fingerprint density at radius 2 is 2.00 bits per heavy atom. The van der Waals surface area contributed by atoms with Gasteiger partial charge in [-0.2, -0.15) is 0 Å². The molecule has 2 aromatic heterocycles. The largest absolute Gasteiger partial charge is 0.355 e. The first-order valence-electron chi connectivity index (χ1n) is 10.1. The zero-order valence-corrected chi connectivity index (χ0v) is 18.5. The van der Waals surface area contributed by atoms with Crippen LogP contribution in [0.5, 0.6) is 0 Å². The van der Waals surface area contributed by atoms with Crippen molar-refractivity contribution < 1.29 is 4.79 Å². The fraction of sp³-hybridized carbons (Fsp3) is 0.409. The number of hydrogen-bond acceptors (Lipinski definition) is 5. The average Bonchev–Trinajstić information content (AvgIpc) is 3.39. The summed E-state index contributed by atoms with van der Waals surface area (Å²) >= 11 is 3.20. The minimum Gasteiger partial charge on any atom is -0.355 e. The van der Waals surface area contributed by atoms with Gasteiger partial charge in [0.15, 0.2) is 5.16 Å². The first kappa shape index (κ1) is 21.6. The average molecular weight is 429 g/mol. The van der Waals surface area contributed by atoms with E-state index in [-0.39, 0.29) is 5.91 Å². The van der Waals surface area contributed by atoms with Crippen molar-refractivity contribution in [2.45, 2.75) is 50.7 Å². The highest BCUT2D eigenvalue weighted by Crippen LogP contribution is 2.21. The van der Waals surface area contributed by atoms with E-state index in [0.29, 0.717) is 5.75 Å². The summed E-state index contributed by atoms with van der Waals surface area (Å²) in [5.74, 6) is 1.38. The van der Waals surface area contributed by atoms with E-state index in [9.17, 15) is 4.79 Å². The van der Waals surface area contributed by atoms with Crippen molar-refractivity contribution in [1.29, 1.82) is 0 Å². The van der Waals surface area contributed by atoms with Gasteiger partial charge in [-0.1, -0.05) is 67.9 Å². The molecule has 29 heavy (non-hydrogen) atoms. The zero-order chi connectivity index (χ0) is 20.3. The van der Waals surface area contributed by atoms with Gasteiger partial charge in [0.25, 0.3) is 0 Å². The molecule has 0 radical (unpaired) electrons. The van der Waals surface area contributed by atoms with Gasteiger partial charge in [0.1, 0.15) is 5.82 Å². The third kappa shape index (κ3) is 7.01. The van der Waals surface area contributed by atoms with E-state index in [1.807, 2.05) is 6.07 Å². The van der Waals surface area contributed by atoms with Crippen molar-refractivity contribution in [3.8, 4) is 0 Å². The minimum absolute atomic E-state index is 0.0588. The highest BCUT2D eigenvalue weighted by atomic mass is 32.2. The van der Waals surface area contributed by atoms with Gasteiger partial charge in [0.05, 0.1) is 5.75 Å². The Balaban J connectivity index is 1.63. The lowest BCUT2D eigenvalue weighted by Gasteiger charge is -2.10. The lowest BCUT2D eigenvalue weighted by molar-refractivity contribution is -0.118. The summed E-state index contributed by atoms with van der Waals surface area (Å²) in [6.45, 7) is 3.71. The second kappa shape index (κ2) is 11.8. The number of aromatic nitrogens is 3. The minimum atomic E-state index is 0.0588. The van der Waals surface area contributed by atoms with E-state index in [1.165, 1.54) is 22.2 Å². The van der Waals surface area contributed by atoms with Crippen LogP contribution in [0.3, 0.4) is 0 Å². The number of amides is 1. The number of hydrogen-bond donors (Lipinski definition) is 1. The van der Waals surface area contributed by atoms with Crippen LogP contribution in [-0.2, 0) is 24.2 Å². The number of nitrogens with one attached hydrogen (secondary N) is 1. The van der Waals surface area contributed by atoms with Crippen molar-refractivity contribution in [1.82, 2.24) is 20.1 Å². The Bertz CT molecular complexity index is 862. The fourth-order valence-corrected chi connectivity index (χ4v) is 4.53. The molecule has 154 valence electrons. The number of thioether (sulfide) groups is 1. The molecule has 0 bridgehead atoms. The molecule has 0 fully saturated rings. The molecular weight excluding hydrogens is 400 g/mol. The molecule has 1 amide bonds. The summed E-state index contributed by atoms with van der Waals surface area (Å²) in [6, 6.07) is 14.6. The number of rotatable bonds is 12. The summed E-state index contributed by atoms with van der Waals surface area (Å²) in [5, 5.41) is 14.7. The maximum atomic E-state index is 12.1. The van der Waals surface area contributed by atoms with Crippen LogP contribution >= 0.6 is 23.1 Å². The van der Waals surface area contributed by atoms with Gasteiger partial charge >= 0.3 is 0 Å². The zero-order valence-electron chi connectivity index (χ0n) is 16.8. The molecule has 0 saturated heterocycles. The number of benzene rings is 1. The Morgan fingerprint density at radius 3 is 2.76 bits per heavy atom. The first-order chi connectivity index (χ1) is 14.3. The van der Waals surface area contributed by atoms with E-state index < -0.39 is 0 Å². The van der Waals surface area contributed by atoms with Gasteiger partial charge in [-0.3, -0.25) is 4.79 Å². The molecule has 0 aliphatic carbocycles. The Hall–Kier alpha value is -2.12. The number of aryl methyl sites for hydroxylation is 1. The van der Waals surface area contributed by atoms with Crippen molar-refractivity contribution in [2.75, 3.05) is 12.3 Å². The predicted molar refractivity (Wildman–Crippen MR) is 121 cm³/mol. The van der Waals surface area contributed by atoms with Crippen LogP contribution in [0.25, 0.3) is 0 Å². The molecule has 0 atom stereocenters. The standard InChI is InChI=1S/C22H28N4OS2/c1-2-3-7-13-23-21(27)17-29-22-25-24-20(16-19-11-8-15-28-19)26(22)14-12-18-9-5-4-6-10-18/h4-6,8-11,15H,2-3,7,12-14,16-17H2,1H3,(H,23,27). The summed E-state index contributed by atoms with van der Waals surface area (Å²) in [5.41, 5.74) is 1.29. The molecule has 7 heteroatoms. The van der Waals surface area contributed by atoms with Gasteiger partial charge in [-0.05, 0) is 29.9 Å². The van der Waals surface area contributed by atoms with Gasteiger partial charge in [0, 0.05) is 24.4 Å². The maximum absolute atomic E-state index is 12.1. The van der Waals surface area contributed by atoms with E-state index in [1.54, 1.807) is 11.3 Å². The molecule has 0 aliphatic heterocycles. The van der Waals surface area contributed by atoms with Crippen LogP contribution < -0.4 is 5.32 Å². The fourth-order valence-electron chi connectivity index (χ4n) is 3.02. The Morgan fingerprint density at radius 1 is 1.14 bits per heavy atom. The molecule has 0 spiro atoms. The van der Waals surface area contributed by atoms with Gasteiger partial charge in [0.2, 0.25) is 5.91 Å². The normalized spacial score (nSPS) is 10.9. The smallest absolute Gasteiger partial charge is 0.230 e. The van der Waals surface area contributed by atoms with Crippen LogP contribution in [0.4, 0.5) is 0 Å². The SMILES string of the molecule is CCCCCNC(=O)CSc1nnc(Cc2cccs2)n1CCc1ccccc1. The van der Waals surface area contributed by atoms with Crippen LogP contribution in [0.1, 0.15) is 42.5 Å². The van der Waals surface area contributed by atoms with Gasteiger partial charge < -0.3 is 9.88 Å². The molecule has 2 heterocycles. The highest BCUT2D eigenvalue weighted by Gasteiger charge is 2.15. The van der Waals surface area contributed by atoms with E-state index >= 15 is 0 Å². The Kier molecular flexibility index (Phi) is 8.77. The second-order valence-electron chi connectivity index (χ2n) is 6.89. The van der Waals surface area contributed by atoms with Crippen molar-refractivity contribution in [3.63, 3.8) is 0 Å². The molecular formula is C22H28N4OS2. The molecule has 3 aromatic rings. The number of carbonyl (C=O) groups excluding carboxylic acids is 1. The highest BCUT2D eigenvalue weighted by molar-refractivity contribution is 7.99. The quantitative estimate of drug-likeness (QED) is 0.339. The van der Waals surface area contributed by atoms with E-state index in [0.717, 1.165) is 56.2 Å². The van der Waals surface area contributed by atoms with E-state index in [4.69, 9.17) is 0 Å². The summed E-state index contributed by atoms with van der Waals surface area (Å²) in [7, 11) is 0. The summed E-state index contributed by atoms with van der Waals surface area (Å²) in [4.78, 5) is 13.4. The maximum Gasteiger partial charge on any atom is 0.230 e. The number of unbranched alkanes of at least 4 members (excludes halogenated alkanes) is 2. The molecule has 1 aromatic carbocycles. The van der Waals surface area contributed by atoms with E-state index in [2.05, 4.69) is 68.8 Å². The van der Waals surface area contributed by atoms with Crippen LogP contribution in [0.2, 0.25) is 0 Å². The summed E-state index contributed by atoms with van der Waals surface area (Å²) in [6.07, 6.45) is 5.01. The van der Waals surface area contributed by atoms with Crippen LogP contribution in [-0.4, -0.2) is 33.0 Å². The monoisotopic (exact) mass is 428 g/mol. The van der Waals surface area contributed by atoms with Crippen LogP contribution in [0.15, 0.2) is 53.0 Å².